The van der Waals surface area contributed by atoms with E-state index in [1.165, 1.54) is 24.3 Å². The second kappa shape index (κ2) is 7.06. The minimum Gasteiger partial charge on any atom is -0.308 e. The predicted molar refractivity (Wildman–Crippen MR) is 85.9 cm³/mol. The van der Waals surface area contributed by atoms with Crippen molar-refractivity contribution in [3.63, 3.8) is 0 Å². The maximum Gasteiger partial charge on any atom is 0.323 e. The molecular weight excluding hydrogens is 327 g/mol. The number of hydrogen-bond acceptors (Lipinski definition) is 3. The molecule has 0 spiro atoms. The highest BCUT2D eigenvalue weighted by Gasteiger charge is 2.07. The van der Waals surface area contributed by atoms with E-state index in [2.05, 4.69) is 10.6 Å². The Bertz CT molecular complexity index is 686. The van der Waals surface area contributed by atoms with E-state index < -0.39 is 16.5 Å². The average molecular weight is 337 g/mol. The van der Waals surface area contributed by atoms with Crippen LogP contribution in [0.5, 0.6) is 0 Å². The molecule has 7 heteroatoms. The summed E-state index contributed by atoms with van der Waals surface area (Å²) in [5.74, 6) is 0. The Hall–Kier alpha value is -2.37. The van der Waals surface area contributed by atoms with Gasteiger partial charge in [-0.05, 0) is 59.6 Å². The van der Waals surface area contributed by atoms with Crippen molar-refractivity contribution >= 4 is 51.1 Å². The first kappa shape index (κ1) is 16.0. The number of carbonyl (C=O) groups excluding carboxylic acids is 3. The first-order valence-electron chi connectivity index (χ1n) is 6.13. The lowest BCUT2D eigenvalue weighted by Gasteiger charge is -2.08. The number of carbonyl (C=O) groups is 3. The van der Waals surface area contributed by atoms with E-state index >= 15 is 0 Å². The third-order valence-electron chi connectivity index (χ3n) is 2.69. The lowest BCUT2D eigenvalue weighted by atomic mass is 10.2. The van der Waals surface area contributed by atoms with Crippen LogP contribution in [0.25, 0.3) is 0 Å². The third-order valence-corrected chi connectivity index (χ3v) is 3.13. The van der Waals surface area contributed by atoms with Crippen molar-refractivity contribution < 1.29 is 14.4 Å². The van der Waals surface area contributed by atoms with Gasteiger partial charge in [0.2, 0.25) is 0 Å². The van der Waals surface area contributed by atoms with Crippen LogP contribution in [0.3, 0.4) is 0 Å². The summed E-state index contributed by atoms with van der Waals surface area (Å²) in [5, 5.41) is 3.88. The SMILES string of the molecule is O=C(Nc1cccc(C(=O)Cl)c1)Nc1cccc(C(=O)Cl)c1. The lowest BCUT2D eigenvalue weighted by Crippen LogP contribution is -2.19. The molecule has 0 saturated heterocycles. The van der Waals surface area contributed by atoms with Gasteiger partial charge in [-0.2, -0.15) is 0 Å². The first-order chi connectivity index (χ1) is 10.5. The quantitative estimate of drug-likeness (QED) is 0.825. The summed E-state index contributed by atoms with van der Waals surface area (Å²) < 4.78 is 0. The van der Waals surface area contributed by atoms with Crippen LogP contribution in [0.4, 0.5) is 16.2 Å². The summed E-state index contributed by atoms with van der Waals surface area (Å²) in [6.45, 7) is 0. The van der Waals surface area contributed by atoms with Crippen molar-refractivity contribution in [1.82, 2.24) is 0 Å². The normalized spacial score (nSPS) is 9.91. The van der Waals surface area contributed by atoms with Crippen molar-refractivity contribution in [2.45, 2.75) is 0 Å². The fourth-order valence-electron chi connectivity index (χ4n) is 1.73. The summed E-state index contributed by atoms with van der Waals surface area (Å²) in [7, 11) is 0. The molecule has 0 saturated carbocycles. The molecule has 0 fully saturated rings. The first-order valence-corrected chi connectivity index (χ1v) is 6.89. The fraction of sp³-hybridized carbons (Fsp3) is 0. The summed E-state index contributed by atoms with van der Waals surface area (Å²) in [6.07, 6.45) is 0. The summed E-state index contributed by atoms with van der Waals surface area (Å²) in [5.41, 5.74) is 1.37. The number of urea groups is 1. The highest BCUT2D eigenvalue weighted by molar-refractivity contribution is 6.68. The van der Waals surface area contributed by atoms with E-state index in [1.807, 2.05) is 0 Å². The van der Waals surface area contributed by atoms with Gasteiger partial charge in [-0.3, -0.25) is 9.59 Å². The van der Waals surface area contributed by atoms with Crippen LogP contribution < -0.4 is 10.6 Å². The molecule has 0 heterocycles. The van der Waals surface area contributed by atoms with Gasteiger partial charge in [0.25, 0.3) is 10.5 Å². The molecule has 2 amide bonds. The minimum atomic E-state index is -0.614. The smallest absolute Gasteiger partial charge is 0.308 e. The van der Waals surface area contributed by atoms with Gasteiger partial charge >= 0.3 is 6.03 Å². The molecule has 2 rings (SSSR count). The summed E-state index contributed by atoms with van der Waals surface area (Å²) in [4.78, 5) is 34.0. The molecule has 2 aromatic rings. The fourth-order valence-corrected chi connectivity index (χ4v) is 1.97. The van der Waals surface area contributed by atoms with Crippen molar-refractivity contribution in [3.8, 4) is 0 Å². The molecule has 22 heavy (non-hydrogen) atoms. The second-order valence-electron chi connectivity index (χ2n) is 4.29. The van der Waals surface area contributed by atoms with Crippen LogP contribution in [0, 0.1) is 0 Å². The zero-order valence-corrected chi connectivity index (χ0v) is 12.6. The molecule has 0 bridgehead atoms. The topological polar surface area (TPSA) is 75.3 Å². The van der Waals surface area contributed by atoms with Gasteiger partial charge in [0.15, 0.2) is 0 Å². The Labute approximate surface area is 136 Å². The molecule has 0 radical (unpaired) electrons. The Morgan fingerprint density at radius 2 is 1.14 bits per heavy atom. The number of rotatable bonds is 4. The molecular formula is C15H10Cl2N2O3. The van der Waals surface area contributed by atoms with Gasteiger partial charge in [0.05, 0.1) is 0 Å². The Kier molecular flexibility index (Phi) is 5.14. The molecule has 0 aliphatic rings. The summed E-state index contributed by atoms with van der Waals surface area (Å²) in [6, 6.07) is 11.9. The molecule has 0 aliphatic carbocycles. The zero-order chi connectivity index (χ0) is 16.1. The highest BCUT2D eigenvalue weighted by atomic mass is 35.5. The lowest BCUT2D eigenvalue weighted by molar-refractivity contribution is 0.107. The van der Waals surface area contributed by atoms with Gasteiger partial charge in [-0.1, -0.05) is 12.1 Å². The van der Waals surface area contributed by atoms with E-state index in [9.17, 15) is 14.4 Å². The van der Waals surface area contributed by atoms with Gasteiger partial charge in [0, 0.05) is 22.5 Å². The summed E-state index contributed by atoms with van der Waals surface area (Å²) >= 11 is 10.8. The molecule has 0 aliphatic heterocycles. The maximum absolute atomic E-state index is 11.9. The number of amides is 2. The third kappa shape index (κ3) is 4.31. The van der Waals surface area contributed by atoms with Crippen LogP contribution in [0.2, 0.25) is 0 Å². The van der Waals surface area contributed by atoms with Crippen LogP contribution in [-0.2, 0) is 0 Å². The van der Waals surface area contributed by atoms with Crippen molar-refractivity contribution in [1.29, 1.82) is 0 Å². The number of anilines is 2. The van der Waals surface area contributed by atoms with Gasteiger partial charge in [-0.15, -0.1) is 0 Å². The Balaban J connectivity index is 2.07. The second-order valence-corrected chi connectivity index (χ2v) is 4.97. The van der Waals surface area contributed by atoms with E-state index in [-0.39, 0.29) is 11.1 Å². The van der Waals surface area contributed by atoms with Crippen molar-refractivity contribution in [3.05, 3.63) is 59.7 Å². The van der Waals surface area contributed by atoms with E-state index in [4.69, 9.17) is 23.2 Å². The molecule has 0 aromatic heterocycles. The predicted octanol–water partition coefficient (Wildman–Crippen LogP) is 4.09. The van der Waals surface area contributed by atoms with Gasteiger partial charge < -0.3 is 10.6 Å². The van der Waals surface area contributed by atoms with Crippen LogP contribution >= 0.6 is 23.2 Å². The monoisotopic (exact) mass is 336 g/mol. The zero-order valence-electron chi connectivity index (χ0n) is 11.1. The number of benzene rings is 2. The van der Waals surface area contributed by atoms with Crippen LogP contribution in [0.15, 0.2) is 48.5 Å². The molecule has 0 unspecified atom stereocenters. The van der Waals surface area contributed by atoms with Crippen LogP contribution in [-0.4, -0.2) is 16.5 Å². The number of halogens is 2. The Morgan fingerprint density at radius 1 is 0.727 bits per heavy atom. The van der Waals surface area contributed by atoms with E-state index in [1.54, 1.807) is 24.3 Å². The maximum atomic E-state index is 11.9. The highest BCUT2D eigenvalue weighted by Crippen LogP contribution is 2.15. The Morgan fingerprint density at radius 3 is 1.50 bits per heavy atom. The van der Waals surface area contributed by atoms with E-state index in [0.29, 0.717) is 11.4 Å². The van der Waals surface area contributed by atoms with Gasteiger partial charge in [0.1, 0.15) is 0 Å². The molecule has 5 nitrogen and oxygen atoms in total. The molecule has 112 valence electrons. The van der Waals surface area contributed by atoms with Crippen molar-refractivity contribution in [2.75, 3.05) is 10.6 Å². The molecule has 0 atom stereocenters. The van der Waals surface area contributed by atoms with Crippen LogP contribution in [0.1, 0.15) is 20.7 Å². The number of nitrogens with one attached hydrogen (secondary N) is 2. The average Bonchev–Trinajstić information content (AvgIpc) is 2.47. The van der Waals surface area contributed by atoms with E-state index in [0.717, 1.165) is 0 Å². The van der Waals surface area contributed by atoms with Gasteiger partial charge in [-0.25, -0.2) is 4.79 Å². The standard InChI is InChI=1S/C15H10Cl2N2O3/c16-13(20)9-3-1-5-11(7-9)18-15(22)19-12-6-2-4-10(8-12)14(17)21/h1-8H,(H2,18,19,22). The number of hydrogen-bond donors (Lipinski definition) is 2. The molecule has 2 N–H and O–H groups in total. The largest absolute Gasteiger partial charge is 0.323 e. The van der Waals surface area contributed by atoms with Crippen molar-refractivity contribution in [2.24, 2.45) is 0 Å². The molecule has 2 aromatic carbocycles. The minimum absolute atomic E-state index is 0.272.